The lowest BCUT2D eigenvalue weighted by Crippen LogP contribution is -2.40. The van der Waals surface area contributed by atoms with Gasteiger partial charge in [0, 0.05) is 41.9 Å². The van der Waals surface area contributed by atoms with Crippen LogP contribution in [0.3, 0.4) is 0 Å². The lowest BCUT2D eigenvalue weighted by Gasteiger charge is -2.14. The number of halogens is 6. The van der Waals surface area contributed by atoms with Gasteiger partial charge in [0.1, 0.15) is 22.8 Å². The third-order valence-corrected chi connectivity index (χ3v) is 12.4. The molecular weight excluding hydrogens is 823 g/mol. The first-order valence-corrected chi connectivity index (χ1v) is 19.3. The smallest absolute Gasteiger partial charge is 0.292 e. The maximum atomic E-state index is 13.0. The van der Waals surface area contributed by atoms with E-state index < -0.39 is 46.2 Å². The predicted molar refractivity (Wildman–Crippen MR) is 207 cm³/mol. The second-order valence-electron chi connectivity index (χ2n) is 12.4. The second kappa shape index (κ2) is 14.3. The number of benzene rings is 2. The van der Waals surface area contributed by atoms with Crippen LogP contribution in [0.25, 0.3) is 52.7 Å². The quantitative estimate of drug-likeness (QED) is 0.165. The summed E-state index contributed by atoms with van der Waals surface area (Å²) in [4.78, 5) is 52.7. The van der Waals surface area contributed by atoms with E-state index in [1.165, 1.54) is 46.5 Å². The minimum atomic E-state index is -4.79. The van der Waals surface area contributed by atoms with Gasteiger partial charge in [-0.1, -0.05) is 0 Å². The van der Waals surface area contributed by atoms with Crippen LogP contribution in [0, 0.1) is 13.8 Å². The van der Waals surface area contributed by atoms with Crippen LogP contribution in [0.1, 0.15) is 21.8 Å². The van der Waals surface area contributed by atoms with E-state index in [4.69, 9.17) is 0 Å². The molecule has 56 heavy (non-hydrogen) atoms. The van der Waals surface area contributed by atoms with E-state index in [0.29, 0.717) is 21.3 Å². The van der Waals surface area contributed by atoms with Gasteiger partial charge in [-0.3, -0.25) is 18.7 Å². The van der Waals surface area contributed by atoms with E-state index in [1.54, 1.807) is 35.6 Å². The Balaban J connectivity index is 0.000000172. The molecule has 2 aromatic carbocycles. The Morgan fingerprint density at radius 2 is 1.09 bits per heavy atom. The molecule has 0 aliphatic carbocycles. The van der Waals surface area contributed by atoms with Crippen LogP contribution in [0.15, 0.2) is 91.3 Å². The van der Waals surface area contributed by atoms with Crippen molar-refractivity contribution < 1.29 is 26.3 Å². The summed E-state index contributed by atoms with van der Waals surface area (Å²) in [5.41, 5.74) is -3.87. The molecule has 8 rings (SSSR count). The number of hydrogen-bond acceptors (Lipinski definition) is 10. The minimum absolute atomic E-state index is 0.196. The Labute approximate surface area is 326 Å². The molecule has 0 aliphatic rings. The Morgan fingerprint density at radius 3 is 1.52 bits per heavy atom. The fraction of sp³-hybridized carbons (Fsp3) is 0.167. The third kappa shape index (κ3) is 6.97. The first-order chi connectivity index (χ1) is 26.3. The fourth-order valence-electron chi connectivity index (χ4n) is 5.92. The standard InChI is InChI=1S/2C18H12F3N3O2S2/c1-9-3-5-13(27-9)16-11-7-10(4-6-12(11)28-22-16)24-15(25)8-14(18(19,20)21)23(2)17(24)26;1-9-5-6-27-16(9)15-11-7-10(3-4-12(11)28-22-15)24-14(25)8-13(18(19,20)21)23(2)17(24)26/h2*3-8H,1-2H3. The molecule has 0 amide bonds. The number of nitrogens with zero attached hydrogens (tertiary/aromatic N) is 6. The largest absolute Gasteiger partial charge is 0.431 e. The highest BCUT2D eigenvalue weighted by atomic mass is 32.1. The second-order valence-corrected chi connectivity index (χ2v) is 16.2. The molecule has 0 fully saturated rings. The van der Waals surface area contributed by atoms with E-state index in [1.807, 2.05) is 37.4 Å². The Morgan fingerprint density at radius 1 is 0.607 bits per heavy atom. The highest BCUT2D eigenvalue weighted by molar-refractivity contribution is 7.17. The lowest BCUT2D eigenvalue weighted by atomic mass is 10.1. The van der Waals surface area contributed by atoms with Gasteiger partial charge in [0.25, 0.3) is 11.1 Å². The number of thiophene rings is 2. The molecule has 0 aliphatic heterocycles. The molecule has 0 spiro atoms. The average molecular weight is 847 g/mol. The first-order valence-electron chi connectivity index (χ1n) is 16.1. The number of fused-ring (bicyclic) bond motifs is 2. The highest BCUT2D eigenvalue weighted by Crippen LogP contribution is 2.38. The van der Waals surface area contributed by atoms with Crippen LogP contribution in [-0.2, 0) is 26.4 Å². The molecule has 0 radical (unpaired) electrons. The summed E-state index contributed by atoms with van der Waals surface area (Å²) in [6, 6.07) is 16.4. The zero-order valence-corrected chi connectivity index (χ0v) is 32.4. The summed E-state index contributed by atoms with van der Waals surface area (Å²) in [5.74, 6) is 0. The van der Waals surface area contributed by atoms with Crippen LogP contribution in [-0.4, -0.2) is 27.0 Å². The van der Waals surface area contributed by atoms with E-state index >= 15 is 0 Å². The van der Waals surface area contributed by atoms with Gasteiger partial charge in [-0.2, -0.15) is 35.1 Å². The number of aryl methyl sites for hydroxylation is 2. The van der Waals surface area contributed by atoms with Crippen molar-refractivity contribution in [3.63, 3.8) is 0 Å². The molecule has 0 saturated heterocycles. The summed E-state index contributed by atoms with van der Waals surface area (Å²) >= 11 is 5.64. The van der Waals surface area contributed by atoms with Crippen LogP contribution >= 0.6 is 45.7 Å². The molecule has 6 aromatic heterocycles. The van der Waals surface area contributed by atoms with Gasteiger partial charge in [-0.25, -0.2) is 18.7 Å². The van der Waals surface area contributed by atoms with E-state index in [2.05, 4.69) is 8.75 Å². The van der Waals surface area contributed by atoms with Gasteiger partial charge >= 0.3 is 23.7 Å². The molecule has 10 nitrogen and oxygen atoms in total. The van der Waals surface area contributed by atoms with Crippen LogP contribution in [0.5, 0.6) is 0 Å². The molecule has 8 aromatic rings. The maximum Gasteiger partial charge on any atom is 0.431 e. The van der Waals surface area contributed by atoms with E-state index in [-0.39, 0.29) is 11.4 Å². The van der Waals surface area contributed by atoms with Crippen molar-refractivity contribution in [3.05, 3.63) is 136 Å². The SMILES string of the molecule is Cc1ccc(-c2nsc3ccc(-n4c(=O)cc(C(F)(F)F)n(C)c4=O)cc23)s1.Cc1ccsc1-c1nsc2ccc(-n3c(=O)cc(C(F)(F)F)n(C)c3=O)cc12. The number of rotatable bonds is 4. The van der Waals surface area contributed by atoms with Crippen LogP contribution < -0.4 is 22.5 Å². The average Bonchev–Trinajstić information content (AvgIpc) is 3.94. The molecular formula is C36H24F6N6O4S4. The number of hydrogen-bond donors (Lipinski definition) is 0. The highest BCUT2D eigenvalue weighted by Gasteiger charge is 2.36. The molecule has 0 bridgehead atoms. The number of alkyl halides is 6. The van der Waals surface area contributed by atoms with Gasteiger partial charge in [-0.15, -0.1) is 22.7 Å². The molecule has 0 atom stereocenters. The fourth-order valence-corrected chi connectivity index (χ4v) is 9.37. The summed E-state index contributed by atoms with van der Waals surface area (Å²) in [5, 5.41) is 3.41. The zero-order valence-electron chi connectivity index (χ0n) is 29.1. The molecule has 288 valence electrons. The molecule has 0 unspecified atom stereocenters. The summed E-state index contributed by atoms with van der Waals surface area (Å²) < 4.78 is 91.2. The molecule has 6 heterocycles. The van der Waals surface area contributed by atoms with E-state index in [0.717, 1.165) is 75.0 Å². The monoisotopic (exact) mass is 846 g/mol. The van der Waals surface area contributed by atoms with Crippen molar-refractivity contribution in [3.8, 4) is 32.5 Å². The summed E-state index contributed by atoms with van der Waals surface area (Å²) in [6.45, 7) is 3.93. The van der Waals surface area contributed by atoms with Crippen molar-refractivity contribution in [2.75, 3.05) is 0 Å². The number of aromatic nitrogens is 6. The summed E-state index contributed by atoms with van der Waals surface area (Å²) in [7, 11) is 1.98. The van der Waals surface area contributed by atoms with Crippen molar-refractivity contribution in [1.29, 1.82) is 0 Å². The molecule has 0 N–H and O–H groups in total. The summed E-state index contributed by atoms with van der Waals surface area (Å²) in [6.07, 6.45) is -9.59. The minimum Gasteiger partial charge on any atom is -0.292 e. The molecule has 0 saturated carbocycles. The van der Waals surface area contributed by atoms with Crippen molar-refractivity contribution >= 4 is 65.9 Å². The van der Waals surface area contributed by atoms with E-state index in [9.17, 15) is 45.5 Å². The van der Waals surface area contributed by atoms with Crippen molar-refractivity contribution in [1.82, 2.24) is 27.0 Å². The van der Waals surface area contributed by atoms with Crippen molar-refractivity contribution in [2.24, 2.45) is 14.1 Å². The van der Waals surface area contributed by atoms with Gasteiger partial charge in [0.2, 0.25) is 0 Å². The Hall–Kier alpha value is -5.44. The normalized spacial score (nSPS) is 12.0. The molecule has 20 heteroatoms. The lowest BCUT2D eigenvalue weighted by molar-refractivity contribution is -0.144. The Bertz CT molecular complexity index is 3070. The Kier molecular flexibility index (Phi) is 9.88. The first kappa shape index (κ1) is 38.8. The van der Waals surface area contributed by atoms with Crippen LogP contribution in [0.2, 0.25) is 0 Å². The van der Waals surface area contributed by atoms with Crippen LogP contribution in [0.4, 0.5) is 26.3 Å². The zero-order chi connectivity index (χ0) is 40.4. The maximum absolute atomic E-state index is 13.0. The topological polar surface area (TPSA) is 114 Å². The van der Waals surface area contributed by atoms with Gasteiger partial charge in [0.15, 0.2) is 0 Å². The predicted octanol–water partition coefficient (Wildman–Crippen LogP) is 8.40. The van der Waals surface area contributed by atoms with Gasteiger partial charge in [0.05, 0.1) is 30.5 Å². The van der Waals surface area contributed by atoms with Gasteiger partial charge in [-0.05, 0) is 102 Å². The van der Waals surface area contributed by atoms with Gasteiger partial charge < -0.3 is 0 Å². The van der Waals surface area contributed by atoms with Crippen molar-refractivity contribution in [2.45, 2.75) is 26.2 Å². The third-order valence-electron chi connectivity index (χ3n) is 8.70.